The number of nitrogens with one attached hydrogen (secondary N) is 1. The van der Waals surface area contributed by atoms with Gasteiger partial charge >= 0.3 is 0 Å². The number of nitrogens with zero attached hydrogens (tertiary/aromatic N) is 1. The lowest BCUT2D eigenvalue weighted by atomic mass is 10.1. The van der Waals surface area contributed by atoms with Gasteiger partial charge in [0.05, 0.1) is 16.8 Å². The molecule has 116 valence electrons. The van der Waals surface area contributed by atoms with Crippen molar-refractivity contribution in [2.24, 2.45) is 5.10 Å². The van der Waals surface area contributed by atoms with Gasteiger partial charge in [0, 0.05) is 5.56 Å². The third-order valence-electron chi connectivity index (χ3n) is 3.37. The Bertz CT molecular complexity index is 959. The minimum atomic E-state index is -4.17. The summed E-state index contributed by atoms with van der Waals surface area (Å²) in [5.74, 6) is 0. The smallest absolute Gasteiger partial charge is 0.282 e. The molecule has 0 saturated carbocycles. The Hall–Kier alpha value is -2.70. The highest BCUT2D eigenvalue weighted by atomic mass is 32.2. The van der Waals surface area contributed by atoms with Gasteiger partial charge in [-0.05, 0) is 35.0 Å². The summed E-state index contributed by atoms with van der Waals surface area (Å²) in [4.78, 5) is -0.152. The standard InChI is InChI=1S/C17H14N2O3S/c20-23(21,22)16-10-8-15(9-11-16)19-18-12-14-6-3-5-13-4-1-2-7-17(13)14/h1-12,19H,(H,20,21,22)/b18-12+. The lowest BCUT2D eigenvalue weighted by Gasteiger charge is -2.03. The van der Waals surface area contributed by atoms with E-state index in [0.29, 0.717) is 5.69 Å². The van der Waals surface area contributed by atoms with Gasteiger partial charge in [0.15, 0.2) is 0 Å². The molecule has 3 aromatic rings. The molecule has 23 heavy (non-hydrogen) atoms. The molecule has 0 heterocycles. The zero-order valence-electron chi connectivity index (χ0n) is 12.0. The van der Waals surface area contributed by atoms with Crippen molar-refractivity contribution in [1.29, 1.82) is 0 Å². The van der Waals surface area contributed by atoms with E-state index in [1.807, 2.05) is 42.5 Å². The summed E-state index contributed by atoms with van der Waals surface area (Å²) in [6, 6.07) is 19.7. The first-order valence-electron chi connectivity index (χ1n) is 6.88. The Morgan fingerprint density at radius 1 is 0.913 bits per heavy atom. The first kappa shape index (κ1) is 15.2. The Balaban J connectivity index is 1.78. The Kier molecular flexibility index (Phi) is 4.10. The molecule has 0 aliphatic heterocycles. The Morgan fingerprint density at radius 3 is 2.35 bits per heavy atom. The van der Waals surface area contributed by atoms with E-state index >= 15 is 0 Å². The van der Waals surface area contributed by atoms with Crippen LogP contribution in [0.1, 0.15) is 5.56 Å². The molecule has 0 radical (unpaired) electrons. The van der Waals surface area contributed by atoms with Gasteiger partial charge in [-0.1, -0.05) is 42.5 Å². The quantitative estimate of drug-likeness (QED) is 0.437. The third kappa shape index (κ3) is 3.56. The van der Waals surface area contributed by atoms with E-state index < -0.39 is 10.1 Å². The van der Waals surface area contributed by atoms with Crippen molar-refractivity contribution in [2.45, 2.75) is 4.90 Å². The minimum Gasteiger partial charge on any atom is -0.282 e. The van der Waals surface area contributed by atoms with Crippen molar-refractivity contribution in [3.63, 3.8) is 0 Å². The van der Waals surface area contributed by atoms with Crippen LogP contribution in [0.25, 0.3) is 10.8 Å². The fraction of sp³-hybridized carbons (Fsp3) is 0. The van der Waals surface area contributed by atoms with Crippen molar-refractivity contribution in [3.8, 4) is 0 Å². The van der Waals surface area contributed by atoms with E-state index in [0.717, 1.165) is 16.3 Å². The number of fused-ring (bicyclic) bond motifs is 1. The van der Waals surface area contributed by atoms with Gasteiger partial charge < -0.3 is 0 Å². The van der Waals surface area contributed by atoms with Gasteiger partial charge in [0.25, 0.3) is 10.1 Å². The van der Waals surface area contributed by atoms with Gasteiger partial charge in [0.1, 0.15) is 0 Å². The van der Waals surface area contributed by atoms with Crippen LogP contribution in [-0.2, 0) is 10.1 Å². The number of anilines is 1. The van der Waals surface area contributed by atoms with E-state index in [1.165, 1.54) is 24.3 Å². The molecular weight excluding hydrogens is 312 g/mol. The monoisotopic (exact) mass is 326 g/mol. The average Bonchev–Trinajstić information content (AvgIpc) is 2.55. The van der Waals surface area contributed by atoms with Crippen molar-refractivity contribution < 1.29 is 13.0 Å². The van der Waals surface area contributed by atoms with Crippen LogP contribution in [-0.4, -0.2) is 19.2 Å². The highest BCUT2D eigenvalue weighted by molar-refractivity contribution is 7.85. The van der Waals surface area contributed by atoms with Crippen LogP contribution in [0.15, 0.2) is 76.7 Å². The van der Waals surface area contributed by atoms with Crippen molar-refractivity contribution in [3.05, 3.63) is 72.3 Å². The zero-order chi connectivity index (χ0) is 16.3. The van der Waals surface area contributed by atoms with Crippen LogP contribution in [0, 0.1) is 0 Å². The summed E-state index contributed by atoms with van der Waals surface area (Å²) in [5, 5.41) is 6.40. The molecule has 0 bridgehead atoms. The van der Waals surface area contributed by atoms with Gasteiger partial charge in [-0.25, -0.2) is 0 Å². The molecule has 5 nitrogen and oxygen atoms in total. The topological polar surface area (TPSA) is 78.8 Å². The minimum absolute atomic E-state index is 0.152. The van der Waals surface area contributed by atoms with Crippen LogP contribution in [0.3, 0.4) is 0 Å². The largest absolute Gasteiger partial charge is 0.294 e. The maximum Gasteiger partial charge on any atom is 0.294 e. The predicted molar refractivity (Wildman–Crippen MR) is 91.4 cm³/mol. The molecule has 3 rings (SSSR count). The molecule has 2 N–H and O–H groups in total. The second kappa shape index (κ2) is 6.20. The molecule has 0 aliphatic carbocycles. The summed E-state index contributed by atoms with van der Waals surface area (Å²) >= 11 is 0. The Labute approximate surface area is 134 Å². The SMILES string of the molecule is O=S(=O)(O)c1ccc(N/N=C/c2cccc3ccccc23)cc1. The summed E-state index contributed by atoms with van der Waals surface area (Å²) in [6.45, 7) is 0. The lowest BCUT2D eigenvalue weighted by Crippen LogP contribution is -1.98. The molecule has 0 unspecified atom stereocenters. The van der Waals surface area contributed by atoms with Crippen molar-refractivity contribution in [1.82, 2.24) is 0 Å². The lowest BCUT2D eigenvalue weighted by molar-refractivity contribution is 0.483. The fourth-order valence-corrected chi connectivity index (χ4v) is 2.72. The second-order valence-electron chi connectivity index (χ2n) is 4.94. The van der Waals surface area contributed by atoms with E-state index in [2.05, 4.69) is 10.5 Å². The molecule has 6 heteroatoms. The molecule has 0 atom stereocenters. The second-order valence-corrected chi connectivity index (χ2v) is 6.36. The molecule has 0 saturated heterocycles. The van der Waals surface area contributed by atoms with Gasteiger partial charge in [0.2, 0.25) is 0 Å². The van der Waals surface area contributed by atoms with Crippen LogP contribution < -0.4 is 5.43 Å². The van der Waals surface area contributed by atoms with Gasteiger partial charge in [-0.15, -0.1) is 0 Å². The maximum absolute atomic E-state index is 11.0. The molecule has 0 spiro atoms. The molecule has 0 amide bonds. The van der Waals surface area contributed by atoms with E-state index in [9.17, 15) is 8.42 Å². The zero-order valence-corrected chi connectivity index (χ0v) is 12.9. The first-order valence-corrected chi connectivity index (χ1v) is 8.32. The highest BCUT2D eigenvalue weighted by Gasteiger charge is 2.07. The normalized spacial score (nSPS) is 11.9. The van der Waals surface area contributed by atoms with Gasteiger partial charge in [-0.3, -0.25) is 9.98 Å². The van der Waals surface area contributed by atoms with Crippen LogP contribution >= 0.6 is 0 Å². The fourth-order valence-electron chi connectivity index (χ4n) is 2.24. The number of rotatable bonds is 4. The summed E-state index contributed by atoms with van der Waals surface area (Å²) < 4.78 is 30.9. The van der Waals surface area contributed by atoms with Crippen LogP contribution in [0.5, 0.6) is 0 Å². The average molecular weight is 326 g/mol. The number of hydrogen-bond acceptors (Lipinski definition) is 4. The number of hydrogen-bond donors (Lipinski definition) is 2. The molecule has 3 aromatic carbocycles. The number of hydrazone groups is 1. The maximum atomic E-state index is 11.0. The van der Waals surface area contributed by atoms with Crippen LogP contribution in [0.4, 0.5) is 5.69 Å². The molecule has 0 aliphatic rings. The molecule has 0 fully saturated rings. The van der Waals surface area contributed by atoms with E-state index in [-0.39, 0.29) is 4.90 Å². The highest BCUT2D eigenvalue weighted by Crippen LogP contribution is 2.17. The van der Waals surface area contributed by atoms with Crippen molar-refractivity contribution in [2.75, 3.05) is 5.43 Å². The van der Waals surface area contributed by atoms with Crippen molar-refractivity contribution >= 4 is 32.8 Å². The summed E-state index contributed by atoms with van der Waals surface area (Å²) in [7, 11) is -4.17. The van der Waals surface area contributed by atoms with Crippen LogP contribution in [0.2, 0.25) is 0 Å². The van der Waals surface area contributed by atoms with E-state index in [1.54, 1.807) is 6.21 Å². The first-order chi connectivity index (χ1) is 11.0. The predicted octanol–water partition coefficient (Wildman–Crippen LogP) is 3.53. The molecule has 0 aromatic heterocycles. The Morgan fingerprint density at radius 2 is 1.61 bits per heavy atom. The van der Waals surface area contributed by atoms with Gasteiger partial charge in [-0.2, -0.15) is 13.5 Å². The number of benzene rings is 3. The summed E-state index contributed by atoms with van der Waals surface area (Å²) in [5.41, 5.74) is 4.43. The van der Waals surface area contributed by atoms with E-state index in [4.69, 9.17) is 4.55 Å². The third-order valence-corrected chi connectivity index (χ3v) is 4.24. The summed E-state index contributed by atoms with van der Waals surface area (Å²) in [6.07, 6.45) is 1.71. The molecular formula is C17H14N2O3S.